The summed E-state index contributed by atoms with van der Waals surface area (Å²) in [5, 5.41) is 3.25. The minimum atomic E-state index is -1.03. The molecule has 3 aromatic rings. The fourth-order valence-electron chi connectivity index (χ4n) is 2.76. The Morgan fingerprint density at radius 2 is 1.85 bits per heavy atom. The highest BCUT2D eigenvalue weighted by Crippen LogP contribution is 2.27. The number of carbonyl (C=O) groups is 2. The number of benzene rings is 2. The summed E-state index contributed by atoms with van der Waals surface area (Å²) in [6.07, 6.45) is -1.03. The van der Waals surface area contributed by atoms with Crippen LogP contribution in [0.2, 0.25) is 0 Å². The van der Waals surface area contributed by atoms with Crippen LogP contribution in [-0.4, -0.2) is 18.0 Å². The van der Waals surface area contributed by atoms with Gasteiger partial charge in [-0.2, -0.15) is 0 Å². The average Bonchev–Trinajstić information content (AvgIpc) is 2.94. The first-order chi connectivity index (χ1) is 12.8. The van der Waals surface area contributed by atoms with Crippen LogP contribution in [0.4, 0.5) is 10.1 Å². The third-order valence-electron chi connectivity index (χ3n) is 4.39. The predicted octanol–water partition coefficient (Wildman–Crippen LogP) is 4.68. The first-order valence-electron chi connectivity index (χ1n) is 8.54. The predicted molar refractivity (Wildman–Crippen MR) is 100 cm³/mol. The van der Waals surface area contributed by atoms with E-state index in [1.165, 1.54) is 25.1 Å². The third kappa shape index (κ3) is 3.84. The van der Waals surface area contributed by atoms with Gasteiger partial charge in [0.2, 0.25) is 5.76 Å². The quantitative estimate of drug-likeness (QED) is 0.678. The maximum Gasteiger partial charge on any atom is 0.375 e. The van der Waals surface area contributed by atoms with Crippen molar-refractivity contribution in [3.8, 4) is 0 Å². The molecule has 1 aromatic heterocycles. The zero-order valence-electron chi connectivity index (χ0n) is 15.6. The van der Waals surface area contributed by atoms with Gasteiger partial charge in [0.25, 0.3) is 5.91 Å². The fraction of sp³-hybridized carbons (Fsp3) is 0.238. The van der Waals surface area contributed by atoms with Gasteiger partial charge >= 0.3 is 5.97 Å². The van der Waals surface area contributed by atoms with E-state index in [2.05, 4.69) is 5.32 Å². The number of esters is 1. The van der Waals surface area contributed by atoms with Gasteiger partial charge in [0, 0.05) is 16.6 Å². The second kappa shape index (κ2) is 7.23. The summed E-state index contributed by atoms with van der Waals surface area (Å²) in [5.74, 6) is -1.68. The molecule has 0 saturated heterocycles. The monoisotopic (exact) mass is 369 g/mol. The molecule has 1 N–H and O–H groups in total. The van der Waals surface area contributed by atoms with Crippen molar-refractivity contribution in [3.05, 3.63) is 64.7 Å². The summed E-state index contributed by atoms with van der Waals surface area (Å²) in [5.41, 5.74) is 3.43. The number of furan rings is 1. The summed E-state index contributed by atoms with van der Waals surface area (Å²) in [6.45, 7) is 6.92. The van der Waals surface area contributed by atoms with Crippen LogP contribution in [0.15, 0.2) is 40.8 Å². The van der Waals surface area contributed by atoms with E-state index in [4.69, 9.17) is 9.15 Å². The number of hydrogen-bond donors (Lipinski definition) is 1. The van der Waals surface area contributed by atoms with Gasteiger partial charge in [0.15, 0.2) is 6.10 Å². The summed E-state index contributed by atoms with van der Waals surface area (Å²) in [7, 11) is 0. The molecule has 3 rings (SSSR count). The molecule has 0 radical (unpaired) electrons. The van der Waals surface area contributed by atoms with Crippen molar-refractivity contribution in [1.82, 2.24) is 0 Å². The molecule has 0 saturated carbocycles. The molecule has 1 heterocycles. The molecule has 1 atom stereocenters. The van der Waals surface area contributed by atoms with E-state index in [0.717, 1.165) is 11.1 Å². The first kappa shape index (κ1) is 18.6. The van der Waals surface area contributed by atoms with Crippen LogP contribution in [0.3, 0.4) is 0 Å². The normalized spacial score (nSPS) is 12.0. The fourth-order valence-corrected chi connectivity index (χ4v) is 2.76. The standard InChI is InChI=1S/C21H20FNO4/c1-11-5-6-12(2)17(9-11)23-20(24)14(4)26-21(25)19-13(3)16-10-15(22)7-8-18(16)27-19/h5-10,14H,1-4H3,(H,23,24)/t14-/m1/s1. The van der Waals surface area contributed by atoms with Crippen LogP contribution in [0.5, 0.6) is 0 Å². The molecule has 0 bridgehead atoms. The molecule has 0 fully saturated rings. The van der Waals surface area contributed by atoms with E-state index in [9.17, 15) is 14.0 Å². The highest BCUT2D eigenvalue weighted by molar-refractivity contribution is 5.99. The molecule has 27 heavy (non-hydrogen) atoms. The Hall–Kier alpha value is -3.15. The Morgan fingerprint density at radius 3 is 2.59 bits per heavy atom. The largest absolute Gasteiger partial charge is 0.449 e. The Balaban J connectivity index is 1.74. The number of amides is 1. The van der Waals surface area contributed by atoms with E-state index in [-0.39, 0.29) is 5.76 Å². The van der Waals surface area contributed by atoms with E-state index >= 15 is 0 Å². The van der Waals surface area contributed by atoms with Crippen LogP contribution < -0.4 is 5.32 Å². The lowest BCUT2D eigenvalue weighted by atomic mass is 10.1. The van der Waals surface area contributed by atoms with E-state index in [1.54, 1.807) is 6.92 Å². The molecule has 6 heteroatoms. The molecule has 0 aliphatic carbocycles. The molecular formula is C21H20FNO4. The van der Waals surface area contributed by atoms with Gasteiger partial charge in [-0.25, -0.2) is 9.18 Å². The zero-order chi connectivity index (χ0) is 19.7. The van der Waals surface area contributed by atoms with Crippen molar-refractivity contribution in [1.29, 1.82) is 0 Å². The average molecular weight is 369 g/mol. The molecule has 0 aliphatic rings. The van der Waals surface area contributed by atoms with Crippen molar-refractivity contribution < 1.29 is 23.1 Å². The Kier molecular flexibility index (Phi) is 4.99. The molecule has 0 unspecified atom stereocenters. The summed E-state index contributed by atoms with van der Waals surface area (Å²) in [4.78, 5) is 24.8. The molecular weight excluding hydrogens is 349 g/mol. The number of anilines is 1. The van der Waals surface area contributed by atoms with Gasteiger partial charge in [0.1, 0.15) is 11.4 Å². The lowest BCUT2D eigenvalue weighted by Gasteiger charge is -2.14. The molecule has 140 valence electrons. The molecule has 2 aromatic carbocycles. The van der Waals surface area contributed by atoms with Gasteiger partial charge in [-0.15, -0.1) is 0 Å². The number of ether oxygens (including phenoxy) is 1. The van der Waals surface area contributed by atoms with Crippen LogP contribution in [0, 0.1) is 26.6 Å². The summed E-state index contributed by atoms with van der Waals surface area (Å²) in [6, 6.07) is 9.69. The first-order valence-corrected chi connectivity index (χ1v) is 8.54. The lowest BCUT2D eigenvalue weighted by Crippen LogP contribution is -2.30. The maximum atomic E-state index is 13.4. The number of halogens is 1. The minimum Gasteiger partial charge on any atom is -0.449 e. The van der Waals surface area contributed by atoms with Crippen LogP contribution in [0.25, 0.3) is 11.0 Å². The minimum absolute atomic E-state index is 0.0398. The van der Waals surface area contributed by atoms with Crippen molar-refractivity contribution in [2.45, 2.75) is 33.8 Å². The number of rotatable bonds is 4. The van der Waals surface area contributed by atoms with Crippen LogP contribution in [0.1, 0.15) is 34.2 Å². The molecule has 5 nitrogen and oxygen atoms in total. The zero-order valence-corrected chi connectivity index (χ0v) is 15.6. The molecule has 0 spiro atoms. The Bertz CT molecular complexity index is 1040. The Morgan fingerprint density at radius 1 is 1.11 bits per heavy atom. The third-order valence-corrected chi connectivity index (χ3v) is 4.39. The second-order valence-electron chi connectivity index (χ2n) is 6.55. The molecule has 0 aliphatic heterocycles. The van der Waals surface area contributed by atoms with Crippen molar-refractivity contribution >= 4 is 28.5 Å². The topological polar surface area (TPSA) is 68.5 Å². The highest BCUT2D eigenvalue weighted by Gasteiger charge is 2.24. The summed E-state index contributed by atoms with van der Waals surface area (Å²) < 4.78 is 24.1. The van der Waals surface area contributed by atoms with Crippen LogP contribution >= 0.6 is 0 Å². The lowest BCUT2D eigenvalue weighted by molar-refractivity contribution is -0.123. The van der Waals surface area contributed by atoms with E-state index in [1.807, 2.05) is 32.0 Å². The second-order valence-corrected chi connectivity index (χ2v) is 6.55. The van der Waals surface area contributed by atoms with Gasteiger partial charge in [-0.05, 0) is 63.1 Å². The maximum absolute atomic E-state index is 13.4. The van der Waals surface area contributed by atoms with Gasteiger partial charge in [0.05, 0.1) is 0 Å². The van der Waals surface area contributed by atoms with Gasteiger partial charge in [-0.1, -0.05) is 12.1 Å². The van der Waals surface area contributed by atoms with Crippen molar-refractivity contribution in [3.63, 3.8) is 0 Å². The van der Waals surface area contributed by atoms with Gasteiger partial charge < -0.3 is 14.5 Å². The van der Waals surface area contributed by atoms with Gasteiger partial charge in [-0.3, -0.25) is 4.79 Å². The van der Waals surface area contributed by atoms with E-state index < -0.39 is 23.8 Å². The van der Waals surface area contributed by atoms with Crippen molar-refractivity contribution in [2.75, 3.05) is 5.32 Å². The van der Waals surface area contributed by atoms with Crippen LogP contribution in [-0.2, 0) is 9.53 Å². The number of fused-ring (bicyclic) bond motifs is 1. The number of aryl methyl sites for hydroxylation is 3. The smallest absolute Gasteiger partial charge is 0.375 e. The molecule has 1 amide bonds. The number of carbonyl (C=O) groups excluding carboxylic acids is 2. The number of nitrogens with one attached hydrogen (secondary N) is 1. The highest BCUT2D eigenvalue weighted by atomic mass is 19.1. The van der Waals surface area contributed by atoms with E-state index in [0.29, 0.717) is 22.2 Å². The number of hydrogen-bond acceptors (Lipinski definition) is 4. The van der Waals surface area contributed by atoms with Crippen molar-refractivity contribution in [2.24, 2.45) is 0 Å². The Labute approximate surface area is 156 Å². The SMILES string of the molecule is Cc1ccc(C)c(NC(=O)[C@@H](C)OC(=O)c2oc3ccc(F)cc3c2C)c1. The summed E-state index contributed by atoms with van der Waals surface area (Å²) >= 11 is 0.